The van der Waals surface area contributed by atoms with Crippen LogP contribution in [-0.4, -0.2) is 37.0 Å². The van der Waals surface area contributed by atoms with E-state index in [1.807, 2.05) is 24.4 Å². The first kappa shape index (κ1) is 14.8. The first-order chi connectivity index (χ1) is 11.7. The fourth-order valence-corrected chi connectivity index (χ4v) is 3.36. The van der Waals surface area contributed by atoms with Gasteiger partial charge >= 0.3 is 0 Å². The number of piperazine rings is 1. The van der Waals surface area contributed by atoms with E-state index in [0.29, 0.717) is 0 Å². The van der Waals surface area contributed by atoms with Gasteiger partial charge in [0.25, 0.3) is 5.91 Å². The number of anilines is 2. The second-order valence-corrected chi connectivity index (χ2v) is 6.40. The number of hydrogen-bond acceptors (Lipinski definition) is 3. The Morgan fingerprint density at radius 2 is 1.75 bits per heavy atom. The summed E-state index contributed by atoms with van der Waals surface area (Å²) in [6.45, 7) is 5.84. The number of hydrogen-bond donors (Lipinski definition) is 1. The van der Waals surface area contributed by atoms with Crippen molar-refractivity contribution >= 4 is 22.9 Å². The molecule has 2 aliphatic heterocycles. The molecule has 1 fully saturated rings. The maximum absolute atomic E-state index is 12.3. The predicted molar refractivity (Wildman–Crippen MR) is 98.0 cm³/mol. The Bertz CT molecular complexity index is 790. The monoisotopic (exact) mass is 319 g/mol. The Balaban J connectivity index is 1.50. The van der Waals surface area contributed by atoms with Crippen molar-refractivity contribution in [1.82, 2.24) is 4.90 Å². The molecule has 1 saturated heterocycles. The Morgan fingerprint density at radius 1 is 1.00 bits per heavy atom. The summed E-state index contributed by atoms with van der Waals surface area (Å²) >= 11 is 0. The average Bonchev–Trinajstić information content (AvgIpc) is 2.92. The van der Waals surface area contributed by atoms with Gasteiger partial charge in [0.15, 0.2) is 0 Å². The third-order valence-electron chi connectivity index (χ3n) is 4.71. The molecular weight excluding hydrogens is 298 g/mol. The molecule has 0 aromatic heterocycles. The number of carbonyl (C=O) groups excluding carboxylic acids is 1. The van der Waals surface area contributed by atoms with Crippen LogP contribution in [0.1, 0.15) is 11.1 Å². The number of benzene rings is 2. The van der Waals surface area contributed by atoms with Crippen LogP contribution < -0.4 is 10.2 Å². The van der Waals surface area contributed by atoms with Crippen molar-refractivity contribution in [2.45, 2.75) is 6.92 Å². The molecule has 4 heteroatoms. The summed E-state index contributed by atoms with van der Waals surface area (Å²) in [5.41, 5.74) is 5.15. The smallest absolute Gasteiger partial charge is 0.257 e. The van der Waals surface area contributed by atoms with Crippen molar-refractivity contribution in [2.75, 3.05) is 36.4 Å². The molecule has 4 rings (SSSR count). The lowest BCUT2D eigenvalue weighted by Crippen LogP contribution is -2.44. The van der Waals surface area contributed by atoms with Gasteiger partial charge in [0.2, 0.25) is 0 Å². The molecule has 0 spiro atoms. The van der Waals surface area contributed by atoms with E-state index < -0.39 is 0 Å². The fourth-order valence-electron chi connectivity index (χ4n) is 3.36. The molecule has 0 saturated carbocycles. The first-order valence-electron chi connectivity index (χ1n) is 8.39. The maximum atomic E-state index is 12.3. The van der Waals surface area contributed by atoms with Gasteiger partial charge in [0.05, 0.1) is 5.57 Å². The average molecular weight is 319 g/mol. The van der Waals surface area contributed by atoms with Gasteiger partial charge in [0.1, 0.15) is 0 Å². The van der Waals surface area contributed by atoms with Crippen LogP contribution in [0.4, 0.5) is 11.4 Å². The highest BCUT2D eigenvalue weighted by molar-refractivity contribution is 6.31. The number of rotatable bonds is 2. The number of amides is 1. The van der Waals surface area contributed by atoms with Gasteiger partial charge in [-0.15, -0.1) is 0 Å². The van der Waals surface area contributed by atoms with E-state index in [1.165, 1.54) is 11.3 Å². The molecule has 2 heterocycles. The molecule has 0 bridgehead atoms. The molecule has 2 aromatic rings. The number of fused-ring (bicyclic) bond motifs is 1. The van der Waals surface area contributed by atoms with Crippen LogP contribution in [0.25, 0.3) is 5.57 Å². The van der Waals surface area contributed by atoms with Crippen LogP contribution in [-0.2, 0) is 4.79 Å². The van der Waals surface area contributed by atoms with Crippen molar-refractivity contribution in [3.05, 3.63) is 65.9 Å². The zero-order valence-corrected chi connectivity index (χ0v) is 13.8. The third-order valence-corrected chi connectivity index (χ3v) is 4.71. The second kappa shape index (κ2) is 6.04. The quantitative estimate of drug-likeness (QED) is 0.864. The minimum Gasteiger partial charge on any atom is -0.373 e. The minimum absolute atomic E-state index is 0.00101. The van der Waals surface area contributed by atoms with Crippen molar-refractivity contribution < 1.29 is 4.79 Å². The summed E-state index contributed by atoms with van der Waals surface area (Å²) in [5.74, 6) is 0.00101. The summed E-state index contributed by atoms with van der Waals surface area (Å²) in [7, 11) is 0. The molecule has 4 nitrogen and oxygen atoms in total. The van der Waals surface area contributed by atoms with Crippen LogP contribution in [0.2, 0.25) is 0 Å². The summed E-state index contributed by atoms with van der Waals surface area (Å²) in [6, 6.07) is 16.6. The molecular formula is C20H21N3O. The summed E-state index contributed by atoms with van der Waals surface area (Å²) < 4.78 is 0. The summed E-state index contributed by atoms with van der Waals surface area (Å²) in [6.07, 6.45) is 2.03. The van der Waals surface area contributed by atoms with Gasteiger partial charge in [-0.25, -0.2) is 0 Å². The Kier molecular flexibility index (Phi) is 3.73. The Morgan fingerprint density at radius 3 is 2.50 bits per heavy atom. The Labute approximate surface area is 142 Å². The van der Waals surface area contributed by atoms with Crippen LogP contribution >= 0.6 is 0 Å². The number of carbonyl (C=O) groups is 1. The highest BCUT2D eigenvalue weighted by Gasteiger charge is 2.25. The maximum Gasteiger partial charge on any atom is 0.257 e. The van der Waals surface area contributed by atoms with Crippen molar-refractivity contribution in [1.29, 1.82) is 0 Å². The van der Waals surface area contributed by atoms with Crippen LogP contribution in [0.3, 0.4) is 0 Å². The van der Waals surface area contributed by atoms with E-state index in [4.69, 9.17) is 0 Å². The van der Waals surface area contributed by atoms with Gasteiger partial charge in [-0.2, -0.15) is 0 Å². The van der Waals surface area contributed by atoms with Crippen LogP contribution in [0.15, 0.2) is 54.7 Å². The molecule has 0 aliphatic carbocycles. The van der Waals surface area contributed by atoms with Gasteiger partial charge in [-0.05, 0) is 31.2 Å². The van der Waals surface area contributed by atoms with Crippen molar-refractivity contribution in [2.24, 2.45) is 0 Å². The van der Waals surface area contributed by atoms with Gasteiger partial charge in [0, 0.05) is 49.3 Å². The molecule has 0 unspecified atom stereocenters. The summed E-state index contributed by atoms with van der Waals surface area (Å²) in [5, 5.41) is 2.95. The van der Waals surface area contributed by atoms with E-state index in [9.17, 15) is 4.79 Å². The van der Waals surface area contributed by atoms with E-state index >= 15 is 0 Å². The second-order valence-electron chi connectivity index (χ2n) is 6.40. The fraction of sp³-hybridized carbons (Fsp3) is 0.250. The number of para-hydroxylation sites is 1. The molecule has 2 aliphatic rings. The predicted octanol–water partition coefficient (Wildman–Crippen LogP) is 3.11. The molecule has 24 heavy (non-hydrogen) atoms. The Hall–Kier alpha value is -2.75. The van der Waals surface area contributed by atoms with Crippen molar-refractivity contribution in [3.8, 4) is 0 Å². The lowest BCUT2D eigenvalue weighted by atomic mass is 10.1. The normalized spacial score (nSPS) is 18.7. The van der Waals surface area contributed by atoms with Gasteiger partial charge in [-0.3, -0.25) is 4.79 Å². The molecule has 1 N–H and O–H groups in total. The van der Waals surface area contributed by atoms with Gasteiger partial charge in [-0.1, -0.05) is 29.8 Å². The lowest BCUT2D eigenvalue weighted by molar-refractivity contribution is -0.110. The van der Waals surface area contributed by atoms with E-state index in [0.717, 1.165) is 43.0 Å². The zero-order valence-electron chi connectivity index (χ0n) is 13.8. The van der Waals surface area contributed by atoms with E-state index in [-0.39, 0.29) is 5.91 Å². The SMILES string of the molecule is Cc1ccc2c(c1)/C(=C\N1CCN(c3ccccc3)CC1)C(=O)N2. The molecule has 0 radical (unpaired) electrons. The number of aryl methyl sites for hydroxylation is 1. The molecule has 0 atom stereocenters. The highest BCUT2D eigenvalue weighted by Crippen LogP contribution is 2.32. The minimum atomic E-state index is 0.00101. The van der Waals surface area contributed by atoms with Gasteiger partial charge < -0.3 is 15.1 Å². The first-order valence-corrected chi connectivity index (χ1v) is 8.39. The van der Waals surface area contributed by atoms with E-state index in [1.54, 1.807) is 0 Å². The number of nitrogens with one attached hydrogen (secondary N) is 1. The third kappa shape index (κ3) is 2.75. The van der Waals surface area contributed by atoms with Crippen molar-refractivity contribution in [3.63, 3.8) is 0 Å². The van der Waals surface area contributed by atoms with E-state index in [2.05, 4.69) is 52.4 Å². The number of nitrogens with zero attached hydrogens (tertiary/aromatic N) is 2. The topological polar surface area (TPSA) is 35.6 Å². The molecule has 1 amide bonds. The summed E-state index contributed by atoms with van der Waals surface area (Å²) in [4.78, 5) is 16.9. The molecule has 2 aromatic carbocycles. The highest BCUT2D eigenvalue weighted by atomic mass is 16.2. The molecule has 122 valence electrons. The van der Waals surface area contributed by atoms with Crippen LogP contribution in [0.5, 0.6) is 0 Å². The lowest BCUT2D eigenvalue weighted by Gasteiger charge is -2.35. The largest absolute Gasteiger partial charge is 0.373 e. The van der Waals surface area contributed by atoms with Crippen LogP contribution in [0, 0.1) is 6.92 Å². The standard InChI is InChI=1S/C20H21N3O/c1-15-7-8-19-17(13-15)18(20(24)21-19)14-22-9-11-23(12-10-22)16-5-3-2-4-6-16/h2-8,13-14H,9-12H2,1H3,(H,21,24)/b18-14+. The zero-order chi connectivity index (χ0) is 16.5.